The summed E-state index contributed by atoms with van der Waals surface area (Å²) >= 11 is 2.55. The minimum Gasteiger partial charge on any atom is -0.497 e. The Bertz CT molecular complexity index is 1160. The minimum absolute atomic E-state index is 0.0839. The second-order valence-corrected chi connectivity index (χ2v) is 9.30. The first-order valence-corrected chi connectivity index (χ1v) is 12.1. The molecule has 1 N–H and O–H groups in total. The van der Waals surface area contributed by atoms with Crippen molar-refractivity contribution in [3.63, 3.8) is 0 Å². The average Bonchev–Trinajstić information content (AvgIpc) is 3.40. The lowest BCUT2D eigenvalue weighted by molar-refractivity contribution is -0.113. The summed E-state index contributed by atoms with van der Waals surface area (Å²) < 4.78 is 17.8. The van der Waals surface area contributed by atoms with Crippen molar-refractivity contribution in [3.8, 4) is 11.5 Å². The molecule has 0 spiro atoms. The van der Waals surface area contributed by atoms with Crippen LogP contribution in [0, 0.1) is 6.92 Å². The lowest BCUT2D eigenvalue weighted by Gasteiger charge is -2.16. The topological polar surface area (TPSA) is 105 Å². The van der Waals surface area contributed by atoms with Gasteiger partial charge in [-0.1, -0.05) is 17.8 Å². The van der Waals surface area contributed by atoms with Gasteiger partial charge in [-0.25, -0.2) is 4.79 Å². The van der Waals surface area contributed by atoms with E-state index < -0.39 is 5.97 Å². The van der Waals surface area contributed by atoms with Gasteiger partial charge in [0.2, 0.25) is 5.91 Å². The third-order valence-corrected chi connectivity index (χ3v) is 6.57. The summed E-state index contributed by atoms with van der Waals surface area (Å²) in [5, 5.41) is 12.3. The number of nitrogens with one attached hydrogen (secondary N) is 1. The molecule has 1 aromatic carbocycles. The quantitative estimate of drug-likeness (QED) is 0.232. The Morgan fingerprint density at radius 1 is 1.24 bits per heavy atom. The van der Waals surface area contributed by atoms with Crippen LogP contribution >= 0.6 is 23.1 Å². The molecule has 1 amide bonds. The maximum absolute atomic E-state index is 12.6. The van der Waals surface area contributed by atoms with E-state index in [1.54, 1.807) is 19.3 Å². The van der Waals surface area contributed by atoms with Crippen LogP contribution in [-0.2, 0) is 16.1 Å². The van der Waals surface area contributed by atoms with Crippen LogP contribution < -0.4 is 14.8 Å². The van der Waals surface area contributed by atoms with E-state index in [0.29, 0.717) is 33.8 Å². The number of aromatic nitrogens is 3. The van der Waals surface area contributed by atoms with Gasteiger partial charge >= 0.3 is 5.97 Å². The second kappa shape index (κ2) is 11.7. The number of anilines is 1. The predicted octanol–water partition coefficient (Wildman–Crippen LogP) is 4.50. The Balaban J connectivity index is 1.67. The van der Waals surface area contributed by atoms with Crippen LogP contribution in [0.5, 0.6) is 11.5 Å². The molecule has 0 aliphatic heterocycles. The van der Waals surface area contributed by atoms with Crippen molar-refractivity contribution in [2.24, 2.45) is 0 Å². The van der Waals surface area contributed by atoms with E-state index >= 15 is 0 Å². The molecule has 3 aromatic rings. The Morgan fingerprint density at radius 3 is 2.59 bits per heavy atom. The predicted molar refractivity (Wildman–Crippen MR) is 132 cm³/mol. The van der Waals surface area contributed by atoms with Crippen molar-refractivity contribution in [1.29, 1.82) is 0 Å². The molecule has 1 unspecified atom stereocenters. The van der Waals surface area contributed by atoms with Gasteiger partial charge in [-0.3, -0.25) is 9.36 Å². The summed E-state index contributed by atoms with van der Waals surface area (Å²) in [5.74, 6) is 1.34. The summed E-state index contributed by atoms with van der Waals surface area (Å²) in [6, 6.07) is 8.96. The van der Waals surface area contributed by atoms with E-state index in [1.165, 1.54) is 30.2 Å². The Labute approximate surface area is 206 Å². The van der Waals surface area contributed by atoms with E-state index in [9.17, 15) is 9.59 Å². The van der Waals surface area contributed by atoms with Gasteiger partial charge in [-0.05, 0) is 44.2 Å². The summed E-state index contributed by atoms with van der Waals surface area (Å²) in [6.45, 7) is 8.00. The highest BCUT2D eigenvalue weighted by Gasteiger charge is 2.21. The van der Waals surface area contributed by atoms with Crippen LogP contribution in [0.1, 0.15) is 34.1 Å². The van der Waals surface area contributed by atoms with Crippen LogP contribution in [0.3, 0.4) is 0 Å². The number of aryl methyl sites for hydroxylation is 1. The number of ether oxygens (including phenoxy) is 3. The zero-order valence-electron chi connectivity index (χ0n) is 19.4. The largest absolute Gasteiger partial charge is 0.497 e. The summed E-state index contributed by atoms with van der Waals surface area (Å²) in [5.41, 5.74) is 0.338. The number of benzene rings is 1. The van der Waals surface area contributed by atoms with Crippen molar-refractivity contribution >= 4 is 40.0 Å². The Morgan fingerprint density at radius 2 is 1.94 bits per heavy atom. The summed E-state index contributed by atoms with van der Waals surface area (Å²) in [6.07, 6.45) is 1.34. The first kappa shape index (κ1) is 25.3. The molecule has 180 valence electrons. The van der Waals surface area contributed by atoms with Crippen LogP contribution in [0.15, 0.2) is 48.1 Å². The molecule has 3 rings (SSSR count). The number of allylic oxidation sites excluding steroid dienone is 1. The number of methoxy groups -OCH3 is 2. The monoisotopic (exact) mass is 502 g/mol. The lowest BCUT2D eigenvalue weighted by Crippen LogP contribution is -2.16. The number of rotatable bonds is 11. The molecule has 0 fully saturated rings. The average molecular weight is 503 g/mol. The van der Waals surface area contributed by atoms with E-state index in [0.717, 1.165) is 10.6 Å². The number of carbonyl (C=O) groups excluding carboxylic acids is 2. The van der Waals surface area contributed by atoms with Crippen molar-refractivity contribution < 1.29 is 23.8 Å². The van der Waals surface area contributed by atoms with Gasteiger partial charge in [0.15, 0.2) is 17.1 Å². The summed E-state index contributed by atoms with van der Waals surface area (Å²) in [7, 11) is 2.91. The SMILES string of the molecule is C=CCn1c(SCC(=O)Nc2sc(C)cc2C(=O)OC)nnc1C(C)Oc1ccc(OC)cc1. The highest BCUT2D eigenvalue weighted by Crippen LogP contribution is 2.29. The first-order chi connectivity index (χ1) is 16.4. The molecule has 34 heavy (non-hydrogen) atoms. The third kappa shape index (κ3) is 6.17. The first-order valence-electron chi connectivity index (χ1n) is 10.3. The normalized spacial score (nSPS) is 11.5. The van der Waals surface area contributed by atoms with E-state index in [4.69, 9.17) is 14.2 Å². The number of thioether (sulfide) groups is 1. The molecule has 0 saturated heterocycles. The number of hydrogen-bond acceptors (Lipinski definition) is 9. The molecular formula is C23H26N4O5S2. The smallest absolute Gasteiger partial charge is 0.340 e. The molecule has 11 heteroatoms. The number of nitrogens with zero attached hydrogens (tertiary/aromatic N) is 3. The molecule has 2 heterocycles. The van der Waals surface area contributed by atoms with Crippen LogP contribution in [0.25, 0.3) is 0 Å². The van der Waals surface area contributed by atoms with Crippen molar-refractivity contribution in [2.45, 2.75) is 31.7 Å². The van der Waals surface area contributed by atoms with Gasteiger partial charge in [0.05, 0.1) is 25.5 Å². The Hall–Kier alpha value is -3.31. The highest BCUT2D eigenvalue weighted by atomic mass is 32.2. The van der Waals surface area contributed by atoms with Gasteiger partial charge in [0.25, 0.3) is 0 Å². The van der Waals surface area contributed by atoms with Crippen molar-refractivity contribution in [1.82, 2.24) is 14.8 Å². The van der Waals surface area contributed by atoms with E-state index in [1.807, 2.05) is 42.7 Å². The lowest BCUT2D eigenvalue weighted by atomic mass is 10.3. The zero-order chi connectivity index (χ0) is 24.7. The second-order valence-electron chi connectivity index (χ2n) is 7.10. The van der Waals surface area contributed by atoms with Gasteiger partial charge in [0.1, 0.15) is 16.5 Å². The number of thiophene rings is 1. The van der Waals surface area contributed by atoms with Crippen molar-refractivity contribution in [2.75, 3.05) is 25.3 Å². The highest BCUT2D eigenvalue weighted by molar-refractivity contribution is 7.99. The fraction of sp³-hybridized carbons (Fsp3) is 0.304. The number of amides is 1. The number of carbonyl (C=O) groups is 2. The van der Waals surface area contributed by atoms with Crippen LogP contribution in [-0.4, -0.2) is 46.6 Å². The molecular weight excluding hydrogens is 476 g/mol. The standard InChI is InChI=1S/C23H26N4O5S2/c1-6-11-27-20(15(3)32-17-9-7-16(30-4)8-10-17)25-26-23(27)33-13-19(28)24-21-18(22(29)31-5)12-14(2)34-21/h6-10,12,15H,1,11,13H2,2-5H3,(H,24,28). The summed E-state index contributed by atoms with van der Waals surface area (Å²) in [4.78, 5) is 25.4. The van der Waals surface area contributed by atoms with Gasteiger partial charge in [-0.2, -0.15) is 0 Å². The minimum atomic E-state index is -0.492. The molecule has 0 bridgehead atoms. The molecule has 0 radical (unpaired) electrons. The van der Waals surface area contributed by atoms with E-state index in [-0.39, 0.29) is 17.8 Å². The molecule has 9 nitrogen and oxygen atoms in total. The van der Waals surface area contributed by atoms with Crippen molar-refractivity contribution in [3.05, 3.63) is 59.3 Å². The molecule has 1 atom stereocenters. The van der Waals surface area contributed by atoms with E-state index in [2.05, 4.69) is 22.1 Å². The fourth-order valence-corrected chi connectivity index (χ4v) is 4.75. The van der Waals surface area contributed by atoms with Gasteiger partial charge < -0.3 is 19.5 Å². The molecule has 0 aliphatic carbocycles. The maximum atomic E-state index is 12.6. The van der Waals surface area contributed by atoms with Gasteiger partial charge in [0, 0.05) is 11.4 Å². The van der Waals surface area contributed by atoms with Gasteiger partial charge in [-0.15, -0.1) is 28.1 Å². The number of hydrogen-bond donors (Lipinski definition) is 1. The fourth-order valence-electron chi connectivity index (χ4n) is 3.08. The Kier molecular flexibility index (Phi) is 8.72. The number of esters is 1. The van der Waals surface area contributed by atoms with Crippen LogP contribution in [0.2, 0.25) is 0 Å². The molecule has 0 saturated carbocycles. The maximum Gasteiger partial charge on any atom is 0.340 e. The zero-order valence-corrected chi connectivity index (χ0v) is 21.0. The molecule has 2 aromatic heterocycles. The third-order valence-electron chi connectivity index (χ3n) is 4.64. The molecule has 0 aliphatic rings. The van der Waals surface area contributed by atoms with Crippen LogP contribution in [0.4, 0.5) is 5.00 Å².